The minimum Gasteiger partial charge on any atom is -0.486 e. The van der Waals surface area contributed by atoms with Crippen molar-refractivity contribution in [3.63, 3.8) is 0 Å². The Morgan fingerprint density at radius 3 is 2.95 bits per heavy atom. The van der Waals surface area contributed by atoms with Gasteiger partial charge in [-0.05, 0) is 32.6 Å². The first kappa shape index (κ1) is 14.6. The molecule has 2 aliphatic heterocycles. The number of rotatable bonds is 4. The summed E-state index contributed by atoms with van der Waals surface area (Å²) in [5.74, 6) is -0.226. The van der Waals surface area contributed by atoms with E-state index in [2.05, 4.69) is 18.0 Å². The Balaban J connectivity index is 1.94. The molecule has 5 heteroatoms. The molecule has 21 heavy (non-hydrogen) atoms. The summed E-state index contributed by atoms with van der Waals surface area (Å²) in [7, 11) is 0. The van der Waals surface area contributed by atoms with Crippen LogP contribution >= 0.6 is 0 Å². The summed E-state index contributed by atoms with van der Waals surface area (Å²) in [5, 5.41) is 23.0. The third-order valence-corrected chi connectivity index (χ3v) is 5.42. The maximum absolute atomic E-state index is 12.3. The number of hydrogen-bond acceptors (Lipinski definition) is 4. The number of carbonyl (C=O) groups excluding carboxylic acids is 1. The summed E-state index contributed by atoms with van der Waals surface area (Å²) in [6.07, 6.45) is 6.63. The number of ether oxygens (including phenoxy) is 1. The van der Waals surface area contributed by atoms with Gasteiger partial charge in [0.25, 0.3) is 0 Å². The van der Waals surface area contributed by atoms with Crippen molar-refractivity contribution in [2.75, 3.05) is 6.61 Å². The molecule has 1 amide bonds. The van der Waals surface area contributed by atoms with E-state index in [1.165, 1.54) is 0 Å². The highest BCUT2D eigenvalue weighted by Crippen LogP contribution is 2.57. The van der Waals surface area contributed by atoms with Crippen LogP contribution in [0.15, 0.2) is 24.5 Å². The molecule has 3 rings (SSSR count). The lowest BCUT2D eigenvalue weighted by Crippen LogP contribution is -2.75. The average molecular weight is 293 g/mol. The van der Waals surface area contributed by atoms with Crippen molar-refractivity contribution in [2.24, 2.45) is 11.8 Å². The molecular formula is C16H23NO4. The van der Waals surface area contributed by atoms with E-state index in [0.29, 0.717) is 12.2 Å². The molecule has 116 valence electrons. The van der Waals surface area contributed by atoms with E-state index in [0.717, 1.165) is 19.3 Å². The number of amides is 1. The molecule has 5 atom stereocenters. The van der Waals surface area contributed by atoms with Crippen LogP contribution in [0.5, 0.6) is 0 Å². The maximum Gasteiger partial charge on any atom is 0.228 e. The minimum absolute atomic E-state index is 0.00750. The smallest absolute Gasteiger partial charge is 0.228 e. The van der Waals surface area contributed by atoms with Gasteiger partial charge in [-0.2, -0.15) is 0 Å². The van der Waals surface area contributed by atoms with Gasteiger partial charge in [0.2, 0.25) is 5.91 Å². The third kappa shape index (κ3) is 1.74. The summed E-state index contributed by atoms with van der Waals surface area (Å²) in [4.78, 5) is 12.3. The summed E-state index contributed by atoms with van der Waals surface area (Å²) in [5.41, 5.74) is -1.77. The third-order valence-electron chi connectivity index (χ3n) is 5.42. The van der Waals surface area contributed by atoms with Crippen molar-refractivity contribution in [1.82, 2.24) is 5.32 Å². The molecule has 2 saturated heterocycles. The molecule has 0 radical (unpaired) electrons. The fourth-order valence-electron chi connectivity index (χ4n) is 4.21. The van der Waals surface area contributed by atoms with Gasteiger partial charge in [0.1, 0.15) is 5.76 Å². The van der Waals surface area contributed by atoms with E-state index >= 15 is 0 Å². The predicted molar refractivity (Wildman–Crippen MR) is 77.2 cm³/mol. The zero-order chi connectivity index (χ0) is 15.3. The van der Waals surface area contributed by atoms with Gasteiger partial charge in [0.15, 0.2) is 11.1 Å². The second kappa shape index (κ2) is 4.85. The predicted octanol–water partition coefficient (Wildman–Crippen LogP) is 0.873. The van der Waals surface area contributed by atoms with Crippen molar-refractivity contribution in [3.05, 3.63) is 24.5 Å². The number of hydrogen-bond donors (Lipinski definition) is 3. The number of nitrogens with one attached hydrogen (secondary N) is 1. The monoisotopic (exact) mass is 293 g/mol. The summed E-state index contributed by atoms with van der Waals surface area (Å²) in [6, 6.07) is 0. The van der Waals surface area contributed by atoms with Gasteiger partial charge < -0.3 is 20.3 Å². The molecule has 1 unspecified atom stereocenters. The number of aliphatic hydroxyl groups is 2. The number of allylic oxidation sites excluding steroid dienone is 1. The van der Waals surface area contributed by atoms with Gasteiger partial charge in [-0.3, -0.25) is 4.79 Å². The van der Waals surface area contributed by atoms with Crippen LogP contribution in [0.4, 0.5) is 0 Å². The van der Waals surface area contributed by atoms with E-state index in [4.69, 9.17) is 4.74 Å². The minimum atomic E-state index is -0.934. The Labute approximate surface area is 124 Å². The maximum atomic E-state index is 12.3. The molecule has 0 aromatic carbocycles. The van der Waals surface area contributed by atoms with Crippen LogP contribution in [0.25, 0.3) is 0 Å². The van der Waals surface area contributed by atoms with Crippen LogP contribution in [0.3, 0.4) is 0 Å². The standard InChI is InChI=1S/C16H23NO4/c1-10-16(13(19)11-6-4-3-5-7-11)15(2,21-10)12(8-9-18)14(20)17-16/h4,6,11-13,18-19H,1,3,5,7-9H2,2H3,(H,17,20)/t11-,12+,13-,15+,16?/m1/s1. The molecule has 1 aliphatic carbocycles. The van der Waals surface area contributed by atoms with Gasteiger partial charge in [-0.1, -0.05) is 18.7 Å². The molecule has 5 nitrogen and oxygen atoms in total. The van der Waals surface area contributed by atoms with Crippen LogP contribution in [-0.2, 0) is 9.53 Å². The average Bonchev–Trinajstić information content (AvgIpc) is 2.65. The van der Waals surface area contributed by atoms with E-state index < -0.39 is 23.2 Å². The molecule has 0 aromatic rings. The summed E-state index contributed by atoms with van der Waals surface area (Å²) >= 11 is 0. The van der Waals surface area contributed by atoms with E-state index in [1.807, 2.05) is 13.0 Å². The lowest BCUT2D eigenvalue weighted by Gasteiger charge is -2.58. The number of aliphatic hydroxyl groups excluding tert-OH is 2. The topological polar surface area (TPSA) is 78.8 Å². The lowest BCUT2D eigenvalue weighted by molar-refractivity contribution is -0.203. The normalized spacial score (nSPS) is 42.8. The van der Waals surface area contributed by atoms with Crippen LogP contribution in [-0.4, -0.2) is 40.0 Å². The Hall–Kier alpha value is -1.33. The SMILES string of the molecule is C=C1O[C@@]2(C)[C@@H](CCO)C(=O)NC12[C@H](O)[C@@H]1C=CCCC1. The van der Waals surface area contributed by atoms with Gasteiger partial charge in [-0.15, -0.1) is 0 Å². The first-order valence-corrected chi connectivity index (χ1v) is 7.63. The first-order chi connectivity index (χ1) is 9.97. The molecule has 3 aliphatic rings. The van der Waals surface area contributed by atoms with Gasteiger partial charge >= 0.3 is 0 Å². The highest BCUT2D eigenvalue weighted by Gasteiger charge is 2.75. The van der Waals surface area contributed by atoms with E-state index in [1.54, 1.807) is 0 Å². The van der Waals surface area contributed by atoms with Crippen LogP contribution in [0.1, 0.15) is 32.6 Å². The number of carbonyl (C=O) groups is 1. The van der Waals surface area contributed by atoms with Crippen LogP contribution in [0.2, 0.25) is 0 Å². The Kier molecular flexibility index (Phi) is 3.37. The Bertz CT molecular complexity index is 503. The van der Waals surface area contributed by atoms with Crippen molar-refractivity contribution in [1.29, 1.82) is 0 Å². The molecule has 2 fully saturated rings. The van der Waals surface area contributed by atoms with Gasteiger partial charge in [0.05, 0.1) is 12.0 Å². The lowest BCUT2D eigenvalue weighted by atomic mass is 9.63. The fraction of sp³-hybridized carbons (Fsp3) is 0.688. The highest BCUT2D eigenvalue weighted by molar-refractivity contribution is 5.87. The molecule has 0 aromatic heterocycles. The highest BCUT2D eigenvalue weighted by atomic mass is 16.5. The Morgan fingerprint density at radius 2 is 2.38 bits per heavy atom. The van der Waals surface area contributed by atoms with Crippen molar-refractivity contribution >= 4 is 5.91 Å². The quantitative estimate of drug-likeness (QED) is 0.672. The molecule has 0 saturated carbocycles. The van der Waals surface area contributed by atoms with Crippen LogP contribution in [0, 0.1) is 11.8 Å². The fourth-order valence-corrected chi connectivity index (χ4v) is 4.21. The van der Waals surface area contributed by atoms with Gasteiger partial charge in [0, 0.05) is 12.5 Å². The van der Waals surface area contributed by atoms with Crippen molar-refractivity contribution < 1.29 is 19.7 Å². The second-order valence-electron chi connectivity index (χ2n) is 6.46. The molecule has 3 N–H and O–H groups in total. The molecule has 2 heterocycles. The second-order valence-corrected chi connectivity index (χ2v) is 6.46. The van der Waals surface area contributed by atoms with Crippen LogP contribution < -0.4 is 5.32 Å². The number of fused-ring (bicyclic) bond motifs is 1. The molecule has 0 bridgehead atoms. The zero-order valence-electron chi connectivity index (χ0n) is 12.3. The Morgan fingerprint density at radius 1 is 1.62 bits per heavy atom. The summed E-state index contributed by atoms with van der Waals surface area (Å²) < 4.78 is 5.73. The summed E-state index contributed by atoms with van der Waals surface area (Å²) in [6.45, 7) is 5.63. The van der Waals surface area contributed by atoms with E-state index in [-0.39, 0.29) is 18.4 Å². The van der Waals surface area contributed by atoms with Crippen molar-refractivity contribution in [3.8, 4) is 0 Å². The van der Waals surface area contributed by atoms with Gasteiger partial charge in [-0.25, -0.2) is 0 Å². The molecule has 0 spiro atoms. The first-order valence-electron chi connectivity index (χ1n) is 7.63. The zero-order valence-corrected chi connectivity index (χ0v) is 12.3. The molecular weight excluding hydrogens is 270 g/mol. The van der Waals surface area contributed by atoms with E-state index in [9.17, 15) is 15.0 Å². The largest absolute Gasteiger partial charge is 0.486 e. The van der Waals surface area contributed by atoms with Crippen molar-refractivity contribution in [2.45, 2.75) is 49.9 Å².